The molecule has 2 rings (SSSR count). The van der Waals surface area contributed by atoms with Gasteiger partial charge >= 0.3 is 0 Å². The van der Waals surface area contributed by atoms with E-state index in [0.717, 1.165) is 11.8 Å². The van der Waals surface area contributed by atoms with Crippen LogP contribution in [-0.2, 0) is 6.54 Å². The van der Waals surface area contributed by atoms with Crippen LogP contribution < -0.4 is 9.44 Å². The van der Waals surface area contributed by atoms with E-state index in [9.17, 15) is 0 Å². The lowest BCUT2D eigenvalue weighted by Gasteiger charge is -2.20. The molecule has 0 atom stereocenters. The third-order valence-electron chi connectivity index (χ3n) is 3.22. The summed E-state index contributed by atoms with van der Waals surface area (Å²) in [5, 5.41) is 0.831. The van der Waals surface area contributed by atoms with Crippen LogP contribution in [0.25, 0.3) is 0 Å². The smallest absolute Gasteiger partial charge is 0.0310 e. The Morgan fingerprint density at radius 2 is 1.83 bits per heavy atom. The monoisotopic (exact) mass is 282 g/mol. The van der Waals surface area contributed by atoms with Gasteiger partial charge in [0.05, 0.1) is 0 Å². The Hall–Kier alpha value is -0.160. The van der Waals surface area contributed by atoms with Gasteiger partial charge in [0, 0.05) is 16.7 Å². The molecule has 18 heavy (non-hydrogen) atoms. The Morgan fingerprint density at radius 1 is 1.11 bits per heavy atom. The van der Waals surface area contributed by atoms with Crippen LogP contribution in [0.15, 0.2) is 29.2 Å². The molecular weight excluding hydrogens is 260 g/mol. The summed E-state index contributed by atoms with van der Waals surface area (Å²) in [6.07, 6.45) is 7.02. The normalized spacial score (nSPS) is 16.9. The van der Waals surface area contributed by atoms with Crippen molar-refractivity contribution < 1.29 is 0 Å². The molecule has 100 valence electrons. The first-order chi connectivity index (χ1) is 8.88. The fraction of sp³-hybridized carbons (Fsp3) is 0.571. The van der Waals surface area contributed by atoms with Crippen LogP contribution in [0.2, 0.25) is 0 Å². The van der Waals surface area contributed by atoms with Crippen molar-refractivity contribution >= 4 is 23.9 Å². The van der Waals surface area contributed by atoms with Gasteiger partial charge in [-0.25, -0.2) is 0 Å². The standard InChI is InChI=1S/C14H22N2S2/c1-15-17-14-9-7-12(8-10-14)11-16-18-13-5-3-2-4-6-13/h7-10,13,15-16H,2-6,11H2,1H3. The van der Waals surface area contributed by atoms with Gasteiger partial charge in [-0.3, -0.25) is 9.44 Å². The van der Waals surface area contributed by atoms with Gasteiger partial charge in [0.2, 0.25) is 0 Å². The van der Waals surface area contributed by atoms with Gasteiger partial charge in [0.1, 0.15) is 0 Å². The van der Waals surface area contributed by atoms with Gasteiger partial charge in [-0.05, 0) is 49.5 Å². The lowest BCUT2D eigenvalue weighted by molar-refractivity contribution is 0.514. The number of nitrogens with one attached hydrogen (secondary N) is 2. The molecule has 0 heterocycles. The van der Waals surface area contributed by atoms with Crippen LogP contribution in [0.3, 0.4) is 0 Å². The number of hydrogen-bond acceptors (Lipinski definition) is 4. The molecule has 1 saturated carbocycles. The first kappa shape index (κ1) is 14.3. The molecule has 1 aromatic carbocycles. The molecule has 0 aromatic heterocycles. The molecule has 1 aliphatic rings. The minimum Gasteiger partial charge on any atom is -0.263 e. The second-order valence-corrected chi connectivity index (χ2v) is 6.92. The maximum atomic E-state index is 3.52. The van der Waals surface area contributed by atoms with E-state index < -0.39 is 0 Å². The molecule has 2 N–H and O–H groups in total. The highest BCUT2D eigenvalue weighted by Gasteiger charge is 2.13. The summed E-state index contributed by atoms with van der Waals surface area (Å²) < 4.78 is 6.60. The van der Waals surface area contributed by atoms with E-state index in [1.807, 2.05) is 19.0 Å². The first-order valence-electron chi connectivity index (χ1n) is 6.69. The van der Waals surface area contributed by atoms with Crippen molar-refractivity contribution in [2.45, 2.75) is 48.8 Å². The Labute approximate surface area is 119 Å². The second-order valence-electron chi connectivity index (χ2n) is 4.65. The molecule has 1 fully saturated rings. The highest BCUT2D eigenvalue weighted by molar-refractivity contribution is 7.98. The van der Waals surface area contributed by atoms with E-state index in [2.05, 4.69) is 33.7 Å². The van der Waals surface area contributed by atoms with Gasteiger partial charge < -0.3 is 0 Å². The summed E-state index contributed by atoms with van der Waals surface area (Å²) in [5.41, 5.74) is 1.36. The van der Waals surface area contributed by atoms with Crippen molar-refractivity contribution in [2.24, 2.45) is 0 Å². The lowest BCUT2D eigenvalue weighted by Crippen LogP contribution is -2.15. The molecule has 0 aliphatic heterocycles. The fourth-order valence-corrected chi connectivity index (χ4v) is 3.78. The van der Waals surface area contributed by atoms with Crippen molar-refractivity contribution in [2.75, 3.05) is 7.05 Å². The molecule has 0 unspecified atom stereocenters. The maximum Gasteiger partial charge on any atom is 0.0310 e. The van der Waals surface area contributed by atoms with Crippen LogP contribution in [0.5, 0.6) is 0 Å². The zero-order chi connectivity index (χ0) is 12.6. The van der Waals surface area contributed by atoms with Crippen molar-refractivity contribution in [1.29, 1.82) is 0 Å². The predicted octanol–water partition coefficient (Wildman–Crippen LogP) is 3.98. The van der Waals surface area contributed by atoms with E-state index in [-0.39, 0.29) is 0 Å². The number of hydrogen-bond donors (Lipinski definition) is 2. The van der Waals surface area contributed by atoms with Gasteiger partial charge in [-0.2, -0.15) is 0 Å². The summed E-state index contributed by atoms with van der Waals surface area (Å²) in [4.78, 5) is 1.26. The Kier molecular flexibility index (Phi) is 6.41. The van der Waals surface area contributed by atoms with Crippen LogP contribution in [0.4, 0.5) is 0 Å². The molecule has 0 spiro atoms. The summed E-state index contributed by atoms with van der Waals surface area (Å²) in [6, 6.07) is 8.75. The topological polar surface area (TPSA) is 24.1 Å². The fourth-order valence-electron chi connectivity index (χ4n) is 2.22. The highest BCUT2D eigenvalue weighted by Crippen LogP contribution is 2.26. The van der Waals surface area contributed by atoms with Crippen LogP contribution in [0, 0.1) is 0 Å². The Balaban J connectivity index is 1.69. The molecule has 0 amide bonds. The van der Waals surface area contributed by atoms with E-state index >= 15 is 0 Å². The summed E-state index contributed by atoms with van der Waals surface area (Å²) >= 11 is 3.59. The third kappa shape index (κ3) is 4.84. The minimum atomic E-state index is 0.831. The molecule has 1 aromatic rings. The van der Waals surface area contributed by atoms with Crippen LogP contribution >= 0.6 is 23.9 Å². The summed E-state index contributed by atoms with van der Waals surface area (Å²) in [6.45, 7) is 0.964. The SMILES string of the molecule is CNSc1ccc(CNSC2CCCCC2)cc1. The van der Waals surface area contributed by atoms with E-state index in [1.165, 1.54) is 42.6 Å². The quantitative estimate of drug-likeness (QED) is 0.771. The third-order valence-corrected chi connectivity index (χ3v) is 5.05. The van der Waals surface area contributed by atoms with Gasteiger partial charge in [0.25, 0.3) is 0 Å². The maximum absolute atomic E-state index is 3.52. The minimum absolute atomic E-state index is 0.831. The molecule has 0 bridgehead atoms. The Morgan fingerprint density at radius 3 is 2.50 bits per heavy atom. The molecular formula is C14H22N2S2. The van der Waals surface area contributed by atoms with Crippen LogP contribution in [0.1, 0.15) is 37.7 Å². The van der Waals surface area contributed by atoms with Crippen molar-refractivity contribution in [3.05, 3.63) is 29.8 Å². The molecule has 0 saturated heterocycles. The van der Waals surface area contributed by atoms with Gasteiger partial charge in [-0.15, -0.1) is 0 Å². The molecule has 2 nitrogen and oxygen atoms in total. The zero-order valence-corrected chi connectivity index (χ0v) is 12.6. The molecule has 1 aliphatic carbocycles. The lowest BCUT2D eigenvalue weighted by atomic mass is 10.0. The summed E-state index contributed by atoms with van der Waals surface area (Å²) in [7, 11) is 1.95. The average molecular weight is 282 g/mol. The predicted molar refractivity (Wildman–Crippen MR) is 82.7 cm³/mol. The van der Waals surface area contributed by atoms with E-state index in [4.69, 9.17) is 0 Å². The van der Waals surface area contributed by atoms with Gasteiger partial charge in [-0.1, -0.05) is 43.3 Å². The zero-order valence-electron chi connectivity index (χ0n) is 10.9. The van der Waals surface area contributed by atoms with E-state index in [0.29, 0.717) is 0 Å². The van der Waals surface area contributed by atoms with Crippen molar-refractivity contribution in [3.63, 3.8) is 0 Å². The molecule has 0 radical (unpaired) electrons. The van der Waals surface area contributed by atoms with Crippen molar-refractivity contribution in [1.82, 2.24) is 9.44 Å². The van der Waals surface area contributed by atoms with Crippen molar-refractivity contribution in [3.8, 4) is 0 Å². The highest BCUT2D eigenvalue weighted by atomic mass is 32.2. The largest absolute Gasteiger partial charge is 0.263 e. The van der Waals surface area contributed by atoms with Gasteiger partial charge in [0.15, 0.2) is 0 Å². The van der Waals surface area contributed by atoms with Crippen LogP contribution in [-0.4, -0.2) is 12.3 Å². The second kappa shape index (κ2) is 8.10. The summed E-state index contributed by atoms with van der Waals surface area (Å²) in [5.74, 6) is 0. The molecule has 4 heteroatoms. The number of benzene rings is 1. The average Bonchev–Trinajstić information content (AvgIpc) is 2.42. The Bertz CT molecular complexity index is 334. The number of rotatable bonds is 6. The van der Waals surface area contributed by atoms with E-state index in [1.54, 1.807) is 11.9 Å². The first-order valence-corrected chi connectivity index (χ1v) is 8.39.